The summed E-state index contributed by atoms with van der Waals surface area (Å²) in [6.45, 7) is 10.5. The molecule has 1 aliphatic carbocycles. The topological polar surface area (TPSA) is 168 Å². The fourth-order valence-corrected chi connectivity index (χ4v) is 8.73. The lowest BCUT2D eigenvalue weighted by atomic mass is 9.72. The number of benzene rings is 1. The molecule has 5 N–H and O–H groups in total. The summed E-state index contributed by atoms with van der Waals surface area (Å²) in [5.41, 5.74) is 7.67. The molecule has 3 heterocycles. The minimum atomic E-state index is -1.34. The molecule has 2 aliphatic rings. The van der Waals surface area contributed by atoms with Crippen molar-refractivity contribution in [2.75, 3.05) is 18.0 Å². The Kier molecular flexibility index (Phi) is 13.6. The van der Waals surface area contributed by atoms with Crippen molar-refractivity contribution < 1.29 is 24.3 Å². The Morgan fingerprint density at radius 3 is 2.11 bits per heavy atom. The van der Waals surface area contributed by atoms with Crippen molar-refractivity contribution >= 4 is 40.7 Å². The highest BCUT2D eigenvalue weighted by molar-refractivity contribution is 7.14. The number of nitrogens with zero attached hydrogens (tertiary/aromatic N) is 3. The first-order valence-electron chi connectivity index (χ1n) is 19.2. The van der Waals surface area contributed by atoms with Gasteiger partial charge in [0, 0.05) is 36.4 Å². The van der Waals surface area contributed by atoms with Crippen molar-refractivity contribution in [2.45, 2.75) is 116 Å². The van der Waals surface area contributed by atoms with Crippen molar-refractivity contribution in [2.24, 2.45) is 23.5 Å². The predicted octanol–water partition coefficient (Wildman–Crippen LogP) is 6.50. The van der Waals surface area contributed by atoms with Gasteiger partial charge in [0.15, 0.2) is 5.82 Å². The predicted molar refractivity (Wildman–Crippen MR) is 209 cm³/mol. The zero-order chi connectivity index (χ0) is 38.1. The summed E-state index contributed by atoms with van der Waals surface area (Å²) in [4.78, 5) is 63.3. The van der Waals surface area contributed by atoms with E-state index < -0.39 is 35.8 Å². The number of hydrogen-bond acceptors (Lipinski definition) is 8. The van der Waals surface area contributed by atoms with Gasteiger partial charge in [0.05, 0.1) is 23.0 Å². The summed E-state index contributed by atoms with van der Waals surface area (Å²) in [7, 11) is 0. The Labute approximate surface area is 317 Å². The third-order valence-corrected chi connectivity index (χ3v) is 12.4. The van der Waals surface area contributed by atoms with Gasteiger partial charge in [-0.15, -0.1) is 11.3 Å². The summed E-state index contributed by atoms with van der Waals surface area (Å²) in [5, 5.41) is 15.0. The van der Waals surface area contributed by atoms with Crippen LogP contribution in [0.5, 0.6) is 0 Å². The average molecular weight is 745 g/mol. The molecule has 286 valence electrons. The number of primary amides is 1. The number of amides is 3. The molecule has 0 spiro atoms. The summed E-state index contributed by atoms with van der Waals surface area (Å²) < 4.78 is 0. The maximum atomic E-state index is 13.5. The normalized spacial score (nSPS) is 19.3. The van der Waals surface area contributed by atoms with E-state index >= 15 is 0 Å². The highest BCUT2D eigenvalue weighted by Crippen LogP contribution is 2.39. The molecule has 3 aromatic rings. The molecule has 1 aliphatic heterocycles. The van der Waals surface area contributed by atoms with E-state index in [9.17, 15) is 24.3 Å². The van der Waals surface area contributed by atoms with Crippen LogP contribution in [0.15, 0.2) is 48.8 Å². The quantitative estimate of drug-likeness (QED) is 0.137. The molecule has 0 radical (unpaired) electrons. The van der Waals surface area contributed by atoms with E-state index in [4.69, 9.17) is 5.73 Å². The number of aromatic nitrogens is 2. The highest BCUT2D eigenvalue weighted by atomic mass is 32.1. The molecular formula is C41H56N6O5S. The molecule has 2 aromatic heterocycles. The van der Waals surface area contributed by atoms with E-state index in [-0.39, 0.29) is 24.7 Å². The van der Waals surface area contributed by atoms with Gasteiger partial charge in [0.25, 0.3) is 5.91 Å². The Morgan fingerprint density at radius 1 is 0.906 bits per heavy atom. The van der Waals surface area contributed by atoms with Crippen molar-refractivity contribution in [3.8, 4) is 11.4 Å². The second kappa shape index (κ2) is 18.1. The number of piperidine rings is 1. The number of carbonyl (C=O) groups is 4. The van der Waals surface area contributed by atoms with E-state index in [1.54, 1.807) is 6.07 Å². The highest BCUT2D eigenvalue weighted by Gasteiger charge is 2.31. The summed E-state index contributed by atoms with van der Waals surface area (Å²) >= 11 is 1.35. The molecule has 0 bridgehead atoms. The number of nitrogens with two attached hydrogens (primary N) is 1. The first-order valence-corrected chi connectivity index (χ1v) is 20.0. The number of carboxylic acids is 1. The molecular weight excluding hydrogens is 689 g/mol. The van der Waals surface area contributed by atoms with Crippen molar-refractivity contribution in [1.29, 1.82) is 0 Å². The number of rotatable bonds is 15. The molecule has 53 heavy (non-hydrogen) atoms. The molecule has 11 nitrogen and oxygen atoms in total. The van der Waals surface area contributed by atoms with Crippen LogP contribution >= 0.6 is 11.3 Å². The summed E-state index contributed by atoms with van der Waals surface area (Å²) in [6, 6.07) is 8.66. The van der Waals surface area contributed by atoms with E-state index in [1.165, 1.54) is 62.7 Å². The lowest BCUT2D eigenvalue weighted by molar-refractivity contribution is -0.142. The SMILES string of the molecule is CCC[C@H]1CC[C@H](C2CCN(c3cnc(-c4ccc(C[C@H](NC(=O)c5ccc(C(C)(C)C)s5)C(=O)N[C@H](CCC(N)=O)C(=O)O)cc4)nc3)CC2)CC1. The minimum absolute atomic E-state index is 0.105. The minimum Gasteiger partial charge on any atom is -0.480 e. The number of hydrogen-bond donors (Lipinski definition) is 4. The largest absolute Gasteiger partial charge is 0.480 e. The van der Waals surface area contributed by atoms with Gasteiger partial charge < -0.3 is 26.4 Å². The summed E-state index contributed by atoms with van der Waals surface area (Å²) in [5.74, 6) is 0.168. The van der Waals surface area contributed by atoms with E-state index in [1.807, 2.05) is 42.7 Å². The Hall–Kier alpha value is -4.32. The fourth-order valence-electron chi connectivity index (χ4n) is 7.76. The van der Waals surface area contributed by atoms with Gasteiger partial charge in [-0.2, -0.15) is 0 Å². The van der Waals surface area contributed by atoms with Crippen LogP contribution in [0.2, 0.25) is 0 Å². The number of thiophene rings is 1. The van der Waals surface area contributed by atoms with Crippen LogP contribution in [0, 0.1) is 17.8 Å². The van der Waals surface area contributed by atoms with Gasteiger partial charge in [0.2, 0.25) is 11.8 Å². The second-order valence-corrected chi connectivity index (χ2v) is 17.0. The Bertz CT molecular complexity index is 1690. The van der Waals surface area contributed by atoms with Gasteiger partial charge >= 0.3 is 5.97 Å². The molecule has 1 saturated heterocycles. The van der Waals surface area contributed by atoms with Gasteiger partial charge in [0.1, 0.15) is 12.1 Å². The zero-order valence-electron chi connectivity index (χ0n) is 31.6. The maximum absolute atomic E-state index is 13.5. The molecule has 12 heteroatoms. The van der Waals surface area contributed by atoms with Crippen molar-refractivity contribution in [3.05, 3.63) is 64.1 Å². The molecule has 1 aromatic carbocycles. The number of aliphatic carboxylic acids is 1. The van der Waals surface area contributed by atoms with Crippen molar-refractivity contribution in [3.63, 3.8) is 0 Å². The lowest BCUT2D eigenvalue weighted by Gasteiger charge is -2.39. The van der Waals surface area contributed by atoms with Crippen molar-refractivity contribution in [1.82, 2.24) is 20.6 Å². The molecule has 1 saturated carbocycles. The fraction of sp³-hybridized carbons (Fsp3) is 0.561. The first kappa shape index (κ1) is 39.9. The monoisotopic (exact) mass is 744 g/mol. The Balaban J connectivity index is 1.21. The van der Waals surface area contributed by atoms with Crippen LogP contribution in [0.25, 0.3) is 11.4 Å². The van der Waals surface area contributed by atoms with E-state index in [0.29, 0.717) is 10.7 Å². The molecule has 5 rings (SSSR count). The van der Waals surface area contributed by atoms with Gasteiger partial charge in [-0.25, -0.2) is 14.8 Å². The van der Waals surface area contributed by atoms with Gasteiger partial charge in [-0.3, -0.25) is 14.4 Å². The second-order valence-electron chi connectivity index (χ2n) is 15.9. The van der Waals surface area contributed by atoms with Crippen LogP contribution in [0.4, 0.5) is 5.69 Å². The Morgan fingerprint density at radius 2 is 1.55 bits per heavy atom. The van der Waals surface area contributed by atoms with Crippen LogP contribution in [0.1, 0.15) is 112 Å². The van der Waals surface area contributed by atoms with Gasteiger partial charge in [-0.05, 0) is 73.0 Å². The smallest absolute Gasteiger partial charge is 0.326 e. The lowest BCUT2D eigenvalue weighted by Crippen LogP contribution is -2.52. The molecule has 2 fully saturated rings. The standard InChI is InChI=1S/C41H56N6O5S/c1-5-6-26-7-11-28(12-8-26)29-19-21-47(22-20-29)31-24-43-37(44-25-31)30-13-9-27(10-14-30)23-33(38(49)45-32(40(51)52)15-18-36(42)48)46-39(50)34-16-17-35(53-34)41(2,3)4/h9-10,13-14,16-17,24-26,28-29,32-33H,5-8,11-12,15,18-23H2,1-4H3,(H2,42,48)(H,45,49)(H,46,50)(H,51,52)/t26-,28-,32-,33+/m1/s1. The zero-order valence-corrected chi connectivity index (χ0v) is 32.4. The number of nitrogens with one attached hydrogen (secondary N) is 2. The molecule has 3 amide bonds. The van der Waals surface area contributed by atoms with E-state index in [0.717, 1.165) is 52.5 Å². The molecule has 0 unspecified atom stereocenters. The average Bonchev–Trinajstić information content (AvgIpc) is 3.66. The number of carboxylic acid groups (broad SMARTS) is 1. The molecule has 2 atom stereocenters. The third-order valence-electron chi connectivity index (χ3n) is 10.9. The van der Waals surface area contributed by atoms with Crippen LogP contribution in [0.3, 0.4) is 0 Å². The summed E-state index contributed by atoms with van der Waals surface area (Å²) in [6.07, 6.45) is 14.3. The first-order chi connectivity index (χ1) is 25.3. The number of carbonyl (C=O) groups excluding carboxylic acids is 3. The van der Waals surface area contributed by atoms with Crippen LogP contribution in [-0.2, 0) is 26.2 Å². The maximum Gasteiger partial charge on any atom is 0.326 e. The van der Waals surface area contributed by atoms with Crippen LogP contribution < -0.4 is 21.3 Å². The number of anilines is 1. The third kappa shape index (κ3) is 11.1. The van der Waals surface area contributed by atoms with Crippen LogP contribution in [-0.4, -0.2) is 63.9 Å². The van der Waals surface area contributed by atoms with Gasteiger partial charge in [-0.1, -0.05) is 77.6 Å². The van der Waals surface area contributed by atoms with E-state index in [2.05, 4.69) is 53.2 Å².